The number of hydrogen-bond acceptors (Lipinski definition) is 5. The molecule has 7 heteroatoms. The van der Waals surface area contributed by atoms with E-state index in [1.807, 2.05) is 30.3 Å². The predicted molar refractivity (Wildman–Crippen MR) is 120 cm³/mol. The number of fused-ring (bicyclic) bond motifs is 1. The third-order valence-corrected chi connectivity index (χ3v) is 6.08. The Balaban J connectivity index is 1.34. The molecule has 1 atom stereocenters. The number of carbonyl (C=O) groups is 2. The lowest BCUT2D eigenvalue weighted by atomic mass is 10.0. The largest absolute Gasteiger partial charge is 0.353 e. The number of rotatable bonds is 6. The molecule has 0 radical (unpaired) electrons. The Bertz CT molecular complexity index is 917. The van der Waals surface area contributed by atoms with Crippen molar-refractivity contribution in [2.45, 2.75) is 32.6 Å². The van der Waals surface area contributed by atoms with Crippen LogP contribution >= 0.6 is 0 Å². The van der Waals surface area contributed by atoms with Crippen molar-refractivity contribution in [3.05, 3.63) is 47.8 Å². The van der Waals surface area contributed by atoms with Crippen molar-refractivity contribution in [2.75, 3.05) is 39.3 Å². The van der Waals surface area contributed by atoms with Crippen molar-refractivity contribution in [2.24, 2.45) is 5.92 Å². The van der Waals surface area contributed by atoms with Gasteiger partial charge in [0.2, 0.25) is 5.91 Å². The molecule has 2 aliphatic heterocycles. The van der Waals surface area contributed by atoms with E-state index in [1.54, 1.807) is 11.1 Å². The van der Waals surface area contributed by atoms with Crippen LogP contribution in [-0.2, 0) is 11.2 Å². The van der Waals surface area contributed by atoms with Gasteiger partial charge in [-0.3, -0.25) is 9.59 Å². The van der Waals surface area contributed by atoms with Crippen LogP contribution in [-0.4, -0.2) is 70.9 Å². The smallest absolute Gasteiger partial charge is 0.257 e. The van der Waals surface area contributed by atoms with Gasteiger partial charge in [0.1, 0.15) is 0 Å². The van der Waals surface area contributed by atoms with Gasteiger partial charge in [-0.25, -0.2) is 9.97 Å². The van der Waals surface area contributed by atoms with Gasteiger partial charge in [0.25, 0.3) is 5.91 Å². The van der Waals surface area contributed by atoms with E-state index in [0.29, 0.717) is 30.9 Å². The Morgan fingerprint density at radius 1 is 1.19 bits per heavy atom. The predicted octanol–water partition coefficient (Wildman–Crippen LogP) is 2.38. The van der Waals surface area contributed by atoms with Crippen LogP contribution in [0.2, 0.25) is 0 Å². The van der Waals surface area contributed by atoms with E-state index in [9.17, 15) is 9.59 Å². The average molecular weight is 422 g/mol. The molecular weight excluding hydrogens is 390 g/mol. The van der Waals surface area contributed by atoms with Crippen molar-refractivity contribution in [1.82, 2.24) is 25.1 Å². The maximum absolute atomic E-state index is 13.0. The molecule has 1 saturated heterocycles. The van der Waals surface area contributed by atoms with E-state index in [-0.39, 0.29) is 18.4 Å². The first kappa shape index (κ1) is 21.4. The maximum atomic E-state index is 13.0. The SMILES string of the molecule is CC1CCCN(CCNC(=O)CN2CCCc3nc(-c4ccccc4)ncc3C2=O)C1. The fourth-order valence-corrected chi connectivity index (χ4v) is 4.45. The number of nitrogens with one attached hydrogen (secondary N) is 1. The van der Waals surface area contributed by atoms with E-state index in [2.05, 4.69) is 27.1 Å². The van der Waals surface area contributed by atoms with Gasteiger partial charge in [-0.1, -0.05) is 37.3 Å². The lowest BCUT2D eigenvalue weighted by Crippen LogP contribution is -2.44. The minimum atomic E-state index is -0.160. The van der Waals surface area contributed by atoms with Gasteiger partial charge >= 0.3 is 0 Å². The van der Waals surface area contributed by atoms with Crippen LogP contribution in [0.15, 0.2) is 36.5 Å². The molecule has 2 aromatic rings. The van der Waals surface area contributed by atoms with Gasteiger partial charge in [0.15, 0.2) is 5.82 Å². The fourth-order valence-electron chi connectivity index (χ4n) is 4.45. The van der Waals surface area contributed by atoms with Crippen LogP contribution in [0.3, 0.4) is 0 Å². The van der Waals surface area contributed by atoms with Crippen LogP contribution in [0.5, 0.6) is 0 Å². The Labute approximate surface area is 183 Å². The quantitative estimate of drug-likeness (QED) is 0.775. The van der Waals surface area contributed by atoms with Gasteiger partial charge < -0.3 is 15.1 Å². The molecule has 0 bridgehead atoms. The van der Waals surface area contributed by atoms with Crippen LogP contribution in [0, 0.1) is 5.92 Å². The van der Waals surface area contributed by atoms with Crippen LogP contribution < -0.4 is 5.32 Å². The zero-order chi connectivity index (χ0) is 21.6. The summed E-state index contributed by atoms with van der Waals surface area (Å²) < 4.78 is 0. The molecule has 2 amide bonds. The molecule has 0 saturated carbocycles. The number of amides is 2. The summed E-state index contributed by atoms with van der Waals surface area (Å²) in [5.41, 5.74) is 2.20. The van der Waals surface area contributed by atoms with Gasteiger partial charge in [-0.15, -0.1) is 0 Å². The summed E-state index contributed by atoms with van der Waals surface area (Å²) in [5, 5.41) is 2.98. The Morgan fingerprint density at radius 3 is 2.84 bits per heavy atom. The molecule has 1 fully saturated rings. The summed E-state index contributed by atoms with van der Waals surface area (Å²) >= 11 is 0. The second-order valence-corrected chi connectivity index (χ2v) is 8.65. The molecule has 164 valence electrons. The number of piperidine rings is 1. The summed E-state index contributed by atoms with van der Waals surface area (Å²) in [6, 6.07) is 9.76. The molecule has 31 heavy (non-hydrogen) atoms. The molecule has 1 aromatic heterocycles. The molecule has 7 nitrogen and oxygen atoms in total. The number of aryl methyl sites for hydroxylation is 1. The van der Waals surface area contributed by atoms with Crippen LogP contribution in [0.25, 0.3) is 11.4 Å². The highest BCUT2D eigenvalue weighted by Crippen LogP contribution is 2.21. The van der Waals surface area contributed by atoms with Gasteiger partial charge in [-0.05, 0) is 38.1 Å². The second-order valence-electron chi connectivity index (χ2n) is 8.65. The number of carbonyl (C=O) groups excluding carboxylic acids is 2. The normalized spacial score (nSPS) is 19.6. The number of benzene rings is 1. The molecule has 3 heterocycles. The maximum Gasteiger partial charge on any atom is 0.257 e. The highest BCUT2D eigenvalue weighted by Gasteiger charge is 2.26. The standard InChI is InChI=1S/C24H31N5O2/c1-18-7-5-12-28(16-18)14-11-25-22(30)17-29-13-6-10-21-20(24(29)31)15-26-23(27-21)19-8-3-2-4-9-19/h2-4,8-9,15,18H,5-7,10-14,16-17H2,1H3,(H,25,30). The van der Waals surface area contributed by atoms with Crippen molar-refractivity contribution in [3.63, 3.8) is 0 Å². The first-order valence-electron chi connectivity index (χ1n) is 11.3. The summed E-state index contributed by atoms with van der Waals surface area (Å²) in [6.45, 7) is 6.59. The molecule has 1 aromatic carbocycles. The van der Waals surface area contributed by atoms with Crippen molar-refractivity contribution >= 4 is 11.8 Å². The third-order valence-electron chi connectivity index (χ3n) is 6.08. The first-order chi connectivity index (χ1) is 15.1. The van der Waals surface area contributed by atoms with Crippen molar-refractivity contribution in [1.29, 1.82) is 0 Å². The van der Waals surface area contributed by atoms with E-state index in [4.69, 9.17) is 0 Å². The van der Waals surface area contributed by atoms with Crippen LogP contribution in [0.4, 0.5) is 0 Å². The first-order valence-corrected chi connectivity index (χ1v) is 11.3. The lowest BCUT2D eigenvalue weighted by Gasteiger charge is -2.30. The molecule has 1 N–H and O–H groups in total. The van der Waals surface area contributed by atoms with Crippen molar-refractivity contribution in [3.8, 4) is 11.4 Å². The van der Waals surface area contributed by atoms with E-state index in [1.165, 1.54) is 12.8 Å². The second kappa shape index (κ2) is 10.0. The zero-order valence-corrected chi connectivity index (χ0v) is 18.2. The summed E-state index contributed by atoms with van der Waals surface area (Å²) in [7, 11) is 0. The Hall–Kier alpha value is -2.80. The van der Waals surface area contributed by atoms with Crippen molar-refractivity contribution < 1.29 is 9.59 Å². The highest BCUT2D eigenvalue weighted by atomic mass is 16.2. The average Bonchev–Trinajstić information content (AvgIpc) is 2.93. The number of aromatic nitrogens is 2. The highest BCUT2D eigenvalue weighted by molar-refractivity contribution is 5.97. The molecule has 4 rings (SSSR count). The van der Waals surface area contributed by atoms with Gasteiger partial charge in [0.05, 0.1) is 17.8 Å². The van der Waals surface area contributed by atoms with Gasteiger partial charge in [0, 0.05) is 37.9 Å². The van der Waals surface area contributed by atoms with E-state index in [0.717, 1.165) is 43.2 Å². The molecular formula is C24H31N5O2. The number of hydrogen-bond donors (Lipinski definition) is 1. The molecule has 0 spiro atoms. The summed E-state index contributed by atoms with van der Waals surface area (Å²) in [6.07, 6.45) is 5.61. The minimum absolute atomic E-state index is 0.0785. The zero-order valence-electron chi connectivity index (χ0n) is 18.2. The number of nitrogens with zero attached hydrogens (tertiary/aromatic N) is 4. The molecule has 0 aliphatic carbocycles. The summed E-state index contributed by atoms with van der Waals surface area (Å²) in [5.74, 6) is 1.09. The Morgan fingerprint density at radius 2 is 2.03 bits per heavy atom. The molecule has 1 unspecified atom stereocenters. The summed E-state index contributed by atoms with van der Waals surface area (Å²) in [4.78, 5) is 38.6. The fraction of sp³-hybridized carbons (Fsp3) is 0.500. The van der Waals surface area contributed by atoms with Crippen LogP contribution in [0.1, 0.15) is 42.2 Å². The van der Waals surface area contributed by atoms with E-state index >= 15 is 0 Å². The Kier molecular flexibility index (Phi) is 6.92. The number of likely N-dealkylation sites (tertiary alicyclic amines) is 1. The molecule has 2 aliphatic rings. The third kappa shape index (κ3) is 5.47. The lowest BCUT2D eigenvalue weighted by molar-refractivity contribution is -0.121. The van der Waals surface area contributed by atoms with E-state index < -0.39 is 0 Å². The monoisotopic (exact) mass is 421 g/mol. The van der Waals surface area contributed by atoms with Gasteiger partial charge in [-0.2, -0.15) is 0 Å². The minimum Gasteiger partial charge on any atom is -0.353 e. The topological polar surface area (TPSA) is 78.4 Å².